The molecule has 110 valence electrons. The average molecular weight is 285 g/mol. The van der Waals surface area contributed by atoms with Crippen LogP contribution >= 0.6 is 0 Å². The lowest BCUT2D eigenvalue weighted by Crippen LogP contribution is -2.30. The number of aromatic nitrogens is 2. The summed E-state index contributed by atoms with van der Waals surface area (Å²) >= 11 is 0. The Morgan fingerprint density at radius 2 is 1.90 bits per heavy atom. The summed E-state index contributed by atoms with van der Waals surface area (Å²) < 4.78 is 1.37. The zero-order chi connectivity index (χ0) is 15.6. The molecule has 21 heavy (non-hydrogen) atoms. The van der Waals surface area contributed by atoms with E-state index in [0.29, 0.717) is 11.5 Å². The van der Waals surface area contributed by atoms with Crippen LogP contribution in [0, 0.1) is 27.7 Å². The van der Waals surface area contributed by atoms with Gasteiger partial charge in [-0.25, -0.2) is 4.98 Å². The van der Waals surface area contributed by atoms with Crippen LogP contribution in [0.4, 0.5) is 5.69 Å². The zero-order valence-corrected chi connectivity index (χ0v) is 12.7. The van der Waals surface area contributed by atoms with Crippen molar-refractivity contribution in [3.63, 3.8) is 0 Å². The molecule has 1 aromatic carbocycles. The summed E-state index contributed by atoms with van der Waals surface area (Å²) in [5.74, 6) is 0.300. The minimum absolute atomic E-state index is 0.0364. The zero-order valence-electron chi connectivity index (χ0n) is 12.7. The second-order valence-corrected chi connectivity index (χ2v) is 5.24. The van der Waals surface area contributed by atoms with Crippen LogP contribution in [0.2, 0.25) is 0 Å². The number of carbonyl (C=O) groups is 1. The van der Waals surface area contributed by atoms with Gasteiger partial charge in [0.05, 0.1) is 0 Å². The second-order valence-electron chi connectivity index (χ2n) is 5.24. The van der Waals surface area contributed by atoms with Gasteiger partial charge in [0.1, 0.15) is 12.4 Å². The van der Waals surface area contributed by atoms with Crippen LogP contribution in [0.15, 0.2) is 29.1 Å². The smallest absolute Gasteiger partial charge is 0.254 e. The number of amides is 1. The number of hydrogen-bond donors (Lipinski definition) is 1. The highest BCUT2D eigenvalue weighted by atomic mass is 16.2. The van der Waals surface area contributed by atoms with Crippen LogP contribution in [0.3, 0.4) is 0 Å². The molecule has 2 rings (SSSR count). The Kier molecular flexibility index (Phi) is 4.21. The predicted octanol–water partition coefficient (Wildman–Crippen LogP) is 2.12. The van der Waals surface area contributed by atoms with Crippen molar-refractivity contribution in [2.75, 3.05) is 5.32 Å². The Morgan fingerprint density at radius 3 is 2.52 bits per heavy atom. The fourth-order valence-electron chi connectivity index (χ4n) is 2.24. The van der Waals surface area contributed by atoms with Crippen LogP contribution in [0.25, 0.3) is 0 Å². The van der Waals surface area contributed by atoms with Gasteiger partial charge in [-0.05, 0) is 39.3 Å². The van der Waals surface area contributed by atoms with E-state index in [-0.39, 0.29) is 18.0 Å². The minimum Gasteiger partial charge on any atom is -0.324 e. The molecule has 0 aliphatic heterocycles. The van der Waals surface area contributed by atoms with Gasteiger partial charge in [-0.1, -0.05) is 17.7 Å². The Hall–Kier alpha value is -2.43. The molecule has 0 fully saturated rings. The Morgan fingerprint density at radius 1 is 1.19 bits per heavy atom. The van der Waals surface area contributed by atoms with E-state index in [1.807, 2.05) is 32.0 Å². The van der Waals surface area contributed by atoms with E-state index in [1.165, 1.54) is 10.6 Å². The Balaban J connectivity index is 2.18. The van der Waals surface area contributed by atoms with Crippen molar-refractivity contribution in [2.24, 2.45) is 0 Å². The summed E-state index contributed by atoms with van der Waals surface area (Å²) in [6, 6.07) is 7.23. The van der Waals surface area contributed by atoms with Gasteiger partial charge < -0.3 is 5.32 Å². The minimum atomic E-state index is -0.238. The van der Waals surface area contributed by atoms with E-state index in [0.717, 1.165) is 16.8 Å². The molecule has 1 amide bonds. The molecule has 2 aromatic rings. The van der Waals surface area contributed by atoms with Gasteiger partial charge in [0.25, 0.3) is 5.56 Å². The molecule has 0 unspecified atom stereocenters. The molecule has 1 aromatic heterocycles. The third kappa shape index (κ3) is 3.56. The summed E-state index contributed by atoms with van der Waals surface area (Å²) in [5.41, 5.74) is 3.34. The SMILES string of the molecule is Cc1ccc(NC(=O)Cn2c(C)nc(C)cc2=O)c(C)c1. The monoisotopic (exact) mass is 285 g/mol. The lowest BCUT2D eigenvalue weighted by Gasteiger charge is -2.12. The first kappa shape index (κ1) is 15.0. The molecule has 0 spiro atoms. The van der Waals surface area contributed by atoms with E-state index >= 15 is 0 Å². The molecule has 0 bridgehead atoms. The van der Waals surface area contributed by atoms with Crippen LogP contribution in [0.5, 0.6) is 0 Å². The van der Waals surface area contributed by atoms with Crippen molar-refractivity contribution in [2.45, 2.75) is 34.2 Å². The first-order valence-corrected chi connectivity index (χ1v) is 6.79. The number of benzene rings is 1. The fourth-order valence-corrected chi connectivity index (χ4v) is 2.24. The van der Waals surface area contributed by atoms with E-state index in [2.05, 4.69) is 10.3 Å². The molecule has 5 nitrogen and oxygen atoms in total. The second kappa shape index (κ2) is 5.91. The van der Waals surface area contributed by atoms with Crippen LogP contribution in [-0.4, -0.2) is 15.5 Å². The molecule has 0 atom stereocenters. The van der Waals surface area contributed by atoms with Crippen LogP contribution in [0.1, 0.15) is 22.6 Å². The van der Waals surface area contributed by atoms with Crippen LogP contribution < -0.4 is 10.9 Å². The fraction of sp³-hybridized carbons (Fsp3) is 0.312. The van der Waals surface area contributed by atoms with Gasteiger partial charge in [-0.3, -0.25) is 14.2 Å². The quantitative estimate of drug-likeness (QED) is 0.939. The molecular weight excluding hydrogens is 266 g/mol. The highest BCUT2D eigenvalue weighted by Gasteiger charge is 2.09. The molecule has 0 saturated heterocycles. The highest BCUT2D eigenvalue weighted by Crippen LogP contribution is 2.15. The lowest BCUT2D eigenvalue weighted by atomic mass is 10.1. The molecule has 0 saturated carbocycles. The maximum Gasteiger partial charge on any atom is 0.254 e. The Bertz CT molecular complexity index is 748. The largest absolute Gasteiger partial charge is 0.324 e. The van der Waals surface area contributed by atoms with E-state index in [9.17, 15) is 9.59 Å². The van der Waals surface area contributed by atoms with Crippen molar-refractivity contribution in [3.05, 3.63) is 57.3 Å². The highest BCUT2D eigenvalue weighted by molar-refractivity contribution is 5.91. The lowest BCUT2D eigenvalue weighted by molar-refractivity contribution is -0.116. The number of nitrogens with zero attached hydrogens (tertiary/aromatic N) is 2. The number of anilines is 1. The summed E-state index contributed by atoms with van der Waals surface area (Å²) in [4.78, 5) is 28.2. The number of carbonyl (C=O) groups excluding carboxylic acids is 1. The number of hydrogen-bond acceptors (Lipinski definition) is 3. The molecule has 0 radical (unpaired) electrons. The maximum absolute atomic E-state index is 12.1. The van der Waals surface area contributed by atoms with Gasteiger partial charge in [0, 0.05) is 17.4 Å². The van der Waals surface area contributed by atoms with Gasteiger partial charge >= 0.3 is 0 Å². The molecule has 0 aliphatic carbocycles. The average Bonchev–Trinajstić information content (AvgIpc) is 2.37. The van der Waals surface area contributed by atoms with Crippen molar-refractivity contribution < 1.29 is 4.79 Å². The molecular formula is C16H19N3O2. The summed E-state index contributed by atoms with van der Waals surface area (Å²) in [7, 11) is 0. The van der Waals surface area contributed by atoms with Crippen molar-refractivity contribution >= 4 is 11.6 Å². The first-order valence-electron chi connectivity index (χ1n) is 6.79. The maximum atomic E-state index is 12.1. The van der Waals surface area contributed by atoms with E-state index < -0.39 is 0 Å². The van der Waals surface area contributed by atoms with Gasteiger partial charge in [-0.2, -0.15) is 0 Å². The van der Waals surface area contributed by atoms with E-state index in [1.54, 1.807) is 13.8 Å². The van der Waals surface area contributed by atoms with Gasteiger partial charge in [0.15, 0.2) is 0 Å². The topological polar surface area (TPSA) is 64.0 Å². The number of nitrogens with one attached hydrogen (secondary N) is 1. The van der Waals surface area contributed by atoms with Gasteiger partial charge in [0.2, 0.25) is 5.91 Å². The van der Waals surface area contributed by atoms with Crippen molar-refractivity contribution in [3.8, 4) is 0 Å². The molecule has 1 N–H and O–H groups in total. The number of rotatable bonds is 3. The summed E-state index contributed by atoms with van der Waals surface area (Å²) in [6.07, 6.45) is 0. The van der Waals surface area contributed by atoms with Crippen molar-refractivity contribution in [1.82, 2.24) is 9.55 Å². The third-order valence-electron chi connectivity index (χ3n) is 3.28. The normalized spacial score (nSPS) is 10.5. The summed E-state index contributed by atoms with van der Waals surface area (Å²) in [5, 5.41) is 2.83. The van der Waals surface area contributed by atoms with Crippen LogP contribution in [-0.2, 0) is 11.3 Å². The van der Waals surface area contributed by atoms with E-state index in [4.69, 9.17) is 0 Å². The number of aryl methyl sites for hydroxylation is 4. The third-order valence-corrected chi connectivity index (χ3v) is 3.28. The van der Waals surface area contributed by atoms with Gasteiger partial charge in [-0.15, -0.1) is 0 Å². The Labute approximate surface area is 123 Å². The predicted molar refractivity (Wildman–Crippen MR) is 82.5 cm³/mol. The molecule has 5 heteroatoms. The summed E-state index contributed by atoms with van der Waals surface area (Å²) in [6.45, 7) is 7.38. The standard InChI is InChI=1S/C16H19N3O2/c1-10-5-6-14(11(2)7-10)18-15(20)9-19-13(4)17-12(3)8-16(19)21/h5-8H,9H2,1-4H3,(H,18,20). The van der Waals surface area contributed by atoms with Crippen molar-refractivity contribution in [1.29, 1.82) is 0 Å². The first-order chi connectivity index (χ1) is 9.86. The molecule has 0 aliphatic rings. The molecule has 1 heterocycles.